The molecule has 9 heteroatoms. The third-order valence-electron chi connectivity index (χ3n) is 6.97. The van der Waals surface area contributed by atoms with Crippen LogP contribution >= 0.6 is 0 Å². The fourth-order valence-electron chi connectivity index (χ4n) is 4.52. The molecule has 0 bridgehead atoms. The van der Waals surface area contributed by atoms with E-state index in [1.807, 2.05) is 51.2 Å². The Labute approximate surface area is 231 Å². The number of benzene rings is 3. The van der Waals surface area contributed by atoms with E-state index in [2.05, 4.69) is 20.8 Å². The smallest absolute Gasteiger partial charge is 0.251 e. The largest absolute Gasteiger partial charge is 0.462 e. The number of amides is 1. The van der Waals surface area contributed by atoms with Crippen molar-refractivity contribution in [2.75, 3.05) is 12.8 Å². The van der Waals surface area contributed by atoms with E-state index in [1.54, 1.807) is 36.4 Å². The van der Waals surface area contributed by atoms with E-state index in [9.17, 15) is 9.18 Å². The van der Waals surface area contributed by atoms with E-state index in [0.29, 0.717) is 40.4 Å². The summed E-state index contributed by atoms with van der Waals surface area (Å²) >= 11 is 0. The van der Waals surface area contributed by atoms with Crippen molar-refractivity contribution in [1.82, 2.24) is 20.8 Å². The molecule has 2 heterocycles. The number of nitrogens with two attached hydrogens (primary N) is 1. The Kier molecular flexibility index (Phi) is 7.48. The average molecular weight is 540 g/mol. The minimum atomic E-state index is -0.625. The van der Waals surface area contributed by atoms with Gasteiger partial charge < -0.3 is 25.2 Å². The summed E-state index contributed by atoms with van der Waals surface area (Å²) in [4.78, 5) is 13.4. The van der Waals surface area contributed by atoms with E-state index < -0.39 is 5.54 Å². The van der Waals surface area contributed by atoms with Crippen LogP contribution in [-0.4, -0.2) is 23.2 Å². The van der Waals surface area contributed by atoms with Gasteiger partial charge in [-0.25, -0.2) is 4.39 Å². The van der Waals surface area contributed by atoms with Gasteiger partial charge in [0.25, 0.3) is 5.91 Å². The molecule has 2 aromatic heterocycles. The highest BCUT2D eigenvalue weighted by molar-refractivity contribution is 5.97. The second-order valence-electron chi connectivity index (χ2n) is 9.91. The highest BCUT2D eigenvalue weighted by atomic mass is 19.1. The predicted octanol–water partition coefficient (Wildman–Crippen LogP) is 5.89. The van der Waals surface area contributed by atoms with Gasteiger partial charge in [0.05, 0.1) is 23.5 Å². The van der Waals surface area contributed by atoms with Gasteiger partial charge in [0, 0.05) is 22.8 Å². The highest BCUT2D eigenvalue weighted by Crippen LogP contribution is 2.33. The molecule has 40 heavy (non-hydrogen) atoms. The van der Waals surface area contributed by atoms with E-state index in [1.165, 1.54) is 18.4 Å². The van der Waals surface area contributed by atoms with Gasteiger partial charge in [0.15, 0.2) is 5.76 Å². The van der Waals surface area contributed by atoms with Crippen molar-refractivity contribution in [1.29, 1.82) is 0 Å². The first-order valence-electron chi connectivity index (χ1n) is 12.9. The molecule has 5 aromatic rings. The highest BCUT2D eigenvalue weighted by Gasteiger charge is 2.32. The van der Waals surface area contributed by atoms with Crippen molar-refractivity contribution in [2.45, 2.75) is 31.8 Å². The molecule has 0 spiro atoms. The second-order valence-corrected chi connectivity index (χ2v) is 9.91. The number of likely N-dealkylation sites (N-methyl/N-ethyl adjacent to an activating group) is 1. The Morgan fingerprint density at radius 2 is 1.75 bits per heavy atom. The van der Waals surface area contributed by atoms with Crippen LogP contribution < -0.4 is 16.4 Å². The summed E-state index contributed by atoms with van der Waals surface area (Å²) in [6, 6.07) is 22.5. The molecule has 0 unspecified atom stereocenters. The fourth-order valence-corrected chi connectivity index (χ4v) is 4.52. The Hall–Kier alpha value is -4.76. The number of hydrogen-bond donors (Lipinski definition) is 3. The molecule has 0 saturated heterocycles. The van der Waals surface area contributed by atoms with Gasteiger partial charge >= 0.3 is 0 Å². The minimum absolute atomic E-state index is 0.247. The first-order chi connectivity index (χ1) is 19.3. The van der Waals surface area contributed by atoms with Crippen LogP contribution in [0.5, 0.6) is 0 Å². The second kappa shape index (κ2) is 11.2. The number of rotatable bonds is 9. The Balaban J connectivity index is 1.49. The van der Waals surface area contributed by atoms with Crippen LogP contribution in [0.25, 0.3) is 22.8 Å². The molecular formula is C31H30FN5O3. The van der Waals surface area contributed by atoms with Gasteiger partial charge in [-0.05, 0) is 68.8 Å². The number of carbonyl (C=O) groups is 1. The molecule has 0 aliphatic carbocycles. The summed E-state index contributed by atoms with van der Waals surface area (Å²) in [5.74, 6) is 0.401. The van der Waals surface area contributed by atoms with Crippen molar-refractivity contribution in [3.8, 4) is 22.8 Å². The van der Waals surface area contributed by atoms with E-state index in [-0.39, 0.29) is 23.7 Å². The average Bonchev–Trinajstić information content (AvgIpc) is 3.64. The van der Waals surface area contributed by atoms with Crippen molar-refractivity contribution >= 4 is 11.6 Å². The Bertz CT molecular complexity index is 1610. The minimum Gasteiger partial charge on any atom is -0.462 e. The first kappa shape index (κ1) is 26.8. The number of carbonyl (C=O) groups excluding carboxylic acids is 1. The maximum absolute atomic E-state index is 13.4. The van der Waals surface area contributed by atoms with Gasteiger partial charge in [-0.1, -0.05) is 42.5 Å². The molecule has 0 fully saturated rings. The van der Waals surface area contributed by atoms with Crippen LogP contribution in [0.4, 0.5) is 10.1 Å². The summed E-state index contributed by atoms with van der Waals surface area (Å²) < 4.78 is 25.2. The maximum atomic E-state index is 13.4. The molecule has 0 radical (unpaired) electrons. The molecule has 8 nitrogen and oxygen atoms in total. The summed E-state index contributed by atoms with van der Waals surface area (Å²) in [7, 11) is 1.85. The number of nitrogens with zero attached hydrogens (tertiary/aromatic N) is 2. The maximum Gasteiger partial charge on any atom is 0.251 e. The van der Waals surface area contributed by atoms with Gasteiger partial charge in [0.1, 0.15) is 5.82 Å². The Morgan fingerprint density at radius 1 is 1.02 bits per heavy atom. The normalized spacial score (nSPS) is 13.5. The summed E-state index contributed by atoms with van der Waals surface area (Å²) in [6.45, 7) is 3.82. The third kappa shape index (κ3) is 5.64. The molecule has 0 aliphatic heterocycles. The molecular weight excluding hydrogens is 509 g/mol. The van der Waals surface area contributed by atoms with E-state index in [4.69, 9.17) is 14.6 Å². The lowest BCUT2D eigenvalue weighted by Gasteiger charge is -2.25. The quantitative estimate of drug-likeness (QED) is 0.214. The van der Waals surface area contributed by atoms with E-state index >= 15 is 0 Å². The topological polar surface area (TPSA) is 119 Å². The molecule has 1 amide bonds. The number of anilines is 1. The molecule has 2 atom stereocenters. The number of hydrogen-bond acceptors (Lipinski definition) is 7. The molecule has 3 aromatic carbocycles. The zero-order valence-corrected chi connectivity index (χ0v) is 22.4. The monoisotopic (exact) mass is 539 g/mol. The summed E-state index contributed by atoms with van der Waals surface area (Å²) in [5, 5.41) is 14.9. The van der Waals surface area contributed by atoms with Crippen LogP contribution in [0.15, 0.2) is 94.0 Å². The van der Waals surface area contributed by atoms with Crippen LogP contribution in [0.3, 0.4) is 0 Å². The van der Waals surface area contributed by atoms with Crippen LogP contribution in [-0.2, 0) is 12.0 Å². The lowest BCUT2D eigenvalue weighted by atomic mass is 9.93. The zero-order chi connectivity index (χ0) is 28.3. The first-order valence-corrected chi connectivity index (χ1v) is 12.9. The summed E-state index contributed by atoms with van der Waals surface area (Å²) in [6.07, 6.45) is 2.12. The number of aromatic nitrogens is 2. The zero-order valence-electron chi connectivity index (χ0n) is 22.4. The van der Waals surface area contributed by atoms with Gasteiger partial charge in [-0.2, -0.15) is 0 Å². The van der Waals surface area contributed by atoms with Gasteiger partial charge in [0.2, 0.25) is 11.8 Å². The van der Waals surface area contributed by atoms with Crippen molar-refractivity contribution < 1.29 is 18.0 Å². The van der Waals surface area contributed by atoms with Crippen molar-refractivity contribution in [2.24, 2.45) is 0 Å². The van der Waals surface area contributed by atoms with Crippen molar-refractivity contribution in [3.05, 3.63) is 114 Å². The number of halogens is 1. The van der Waals surface area contributed by atoms with E-state index in [0.717, 1.165) is 11.1 Å². The standard InChI is InChI=1S/C31H30FN5O3/c1-19(21-9-11-25(32)12-10-21)35-28(38)23-15-22(27-26(33)13-14-39-27)16-24(17-23)29-36-37-30(40-29)31(2,34-3)18-20-7-5-4-6-8-20/h4-17,19,34H,18,33H2,1-3H3,(H,35,38)/t19-,31-/m1/s1. The summed E-state index contributed by atoms with van der Waals surface area (Å²) in [5.41, 5.74) is 9.28. The lowest BCUT2D eigenvalue weighted by molar-refractivity contribution is 0.0940. The SMILES string of the molecule is CN[C@](C)(Cc1ccccc1)c1nnc(-c2cc(C(=O)N[C@H](C)c3ccc(F)cc3)cc(-c3occc3N)c2)o1. The van der Waals surface area contributed by atoms with Gasteiger partial charge in [-0.15, -0.1) is 10.2 Å². The molecule has 4 N–H and O–H groups in total. The molecule has 204 valence electrons. The van der Waals surface area contributed by atoms with Crippen LogP contribution in [0, 0.1) is 5.82 Å². The number of furan rings is 1. The lowest BCUT2D eigenvalue weighted by Crippen LogP contribution is -2.39. The molecule has 0 saturated carbocycles. The van der Waals surface area contributed by atoms with Crippen LogP contribution in [0.1, 0.15) is 47.3 Å². The van der Waals surface area contributed by atoms with Gasteiger partial charge in [-0.3, -0.25) is 4.79 Å². The van der Waals surface area contributed by atoms with Crippen LogP contribution in [0.2, 0.25) is 0 Å². The third-order valence-corrected chi connectivity index (χ3v) is 6.97. The number of nitrogen functional groups attached to an aromatic ring is 1. The number of nitrogens with one attached hydrogen (secondary N) is 2. The Morgan fingerprint density at radius 3 is 2.42 bits per heavy atom. The van der Waals surface area contributed by atoms with Crippen molar-refractivity contribution in [3.63, 3.8) is 0 Å². The fraction of sp³-hybridized carbons (Fsp3) is 0.194. The predicted molar refractivity (Wildman–Crippen MR) is 151 cm³/mol. The molecule has 0 aliphatic rings. The molecule has 5 rings (SSSR count).